The molecule has 1 aliphatic rings. The summed E-state index contributed by atoms with van der Waals surface area (Å²) in [5, 5.41) is 1.76. The van der Waals surface area contributed by atoms with Crippen LogP contribution in [0.3, 0.4) is 0 Å². The molecule has 0 fully saturated rings. The molecule has 30 heavy (non-hydrogen) atoms. The molecule has 0 N–H and O–H groups in total. The number of nitrogens with zero attached hydrogens (tertiary/aromatic N) is 3. The first kappa shape index (κ1) is 15.5. The van der Waals surface area contributed by atoms with Crippen molar-refractivity contribution in [2.75, 3.05) is 7.05 Å². The smallest absolute Gasteiger partial charge is 0.402 e. The molecule has 0 saturated heterocycles. The van der Waals surface area contributed by atoms with Crippen molar-refractivity contribution in [3.05, 3.63) is 76.6 Å². The predicted octanol–water partition coefficient (Wildman–Crippen LogP) is 2.23. The molecule has 4 nitrogen and oxygen atoms in total. The third-order valence-corrected chi connectivity index (χ3v) is 5.99. The Bertz CT molecular complexity index is 1510. The number of aromatic nitrogens is 2. The minimum Gasteiger partial charge on any atom is -0.438 e. The molecule has 0 bridgehead atoms. The average molecular weight is 397 g/mol. The maximum absolute atomic E-state index is 7.66. The van der Waals surface area contributed by atoms with Crippen molar-refractivity contribution in [1.82, 2.24) is 9.79 Å². The van der Waals surface area contributed by atoms with Crippen molar-refractivity contribution in [2.24, 2.45) is 7.05 Å². The lowest BCUT2D eigenvalue weighted by atomic mass is 9.50. The molecule has 0 radical (unpaired) electrons. The van der Waals surface area contributed by atoms with E-state index in [2.05, 4.69) is 85.0 Å². The molecule has 5 rings (SSSR count). The van der Waals surface area contributed by atoms with Gasteiger partial charge in [-0.2, -0.15) is 0 Å². The van der Waals surface area contributed by atoms with Gasteiger partial charge in [-0.3, -0.25) is 0 Å². The van der Waals surface area contributed by atoms with Gasteiger partial charge >= 0.3 is 6.85 Å². The lowest BCUT2D eigenvalue weighted by molar-refractivity contribution is -0.653. The van der Waals surface area contributed by atoms with Crippen LogP contribution in [-0.2, 0) is 7.05 Å². The summed E-state index contributed by atoms with van der Waals surface area (Å²) in [6.07, 6.45) is 4.25. The summed E-state index contributed by atoms with van der Waals surface area (Å²) in [5.74, 6) is 0. The van der Waals surface area contributed by atoms with Gasteiger partial charge in [-0.05, 0) is 62.7 Å². The van der Waals surface area contributed by atoms with Crippen LogP contribution in [0.1, 0.15) is 22.3 Å². The number of rotatable bonds is 2. The first-order valence-corrected chi connectivity index (χ1v) is 10.1. The summed E-state index contributed by atoms with van der Waals surface area (Å²) >= 11 is 0. The topological polar surface area (TPSA) is 33.1 Å². The highest BCUT2D eigenvalue weighted by molar-refractivity contribution is 6.85. The lowest BCUT2D eigenvalue weighted by Crippen LogP contribution is -2.62. The van der Waals surface area contributed by atoms with Gasteiger partial charge in [0.2, 0.25) is 5.71 Å². The molecule has 0 amide bonds. The Morgan fingerprint density at radius 2 is 1.93 bits per heavy atom. The first-order valence-electron chi connectivity index (χ1n) is 11.6. The zero-order valence-corrected chi connectivity index (χ0v) is 17.6. The molecule has 0 atom stereocenters. The summed E-state index contributed by atoms with van der Waals surface area (Å²) < 4.78 is 31.3. The summed E-state index contributed by atoms with van der Waals surface area (Å²) in [5.41, 5.74) is 6.96. The Kier molecular flexibility index (Phi) is 3.55. The summed E-state index contributed by atoms with van der Waals surface area (Å²) in [6.45, 7) is 1.92. The second-order valence-electron chi connectivity index (χ2n) is 8.05. The van der Waals surface area contributed by atoms with Crippen molar-refractivity contribution in [1.29, 1.82) is 0 Å². The fourth-order valence-electron chi connectivity index (χ4n) is 4.52. The summed E-state index contributed by atoms with van der Waals surface area (Å²) in [4.78, 5) is 6.48. The van der Waals surface area contributed by atoms with Crippen molar-refractivity contribution in [3.8, 4) is 11.1 Å². The van der Waals surface area contributed by atoms with E-state index < -0.39 is 6.85 Å². The zero-order chi connectivity index (χ0) is 23.5. The van der Waals surface area contributed by atoms with Crippen LogP contribution in [0.15, 0.2) is 59.1 Å². The molecule has 3 aromatic heterocycles. The van der Waals surface area contributed by atoms with Crippen LogP contribution >= 0.6 is 0 Å². The minimum atomic E-state index is -2.27. The molecule has 148 valence electrons. The molecule has 0 spiro atoms. The summed E-state index contributed by atoms with van der Waals surface area (Å²) in [7, 11) is 4.13. The summed E-state index contributed by atoms with van der Waals surface area (Å²) in [6, 6.07) is 16.0. The maximum Gasteiger partial charge on any atom is 0.402 e. The number of aryl methyl sites for hydroxylation is 3. The standard InChI is InChI=1S/C25H25BN3O/c1-16-13-23(28(4)14-21(16)19-9-7-6-8-10-19)26-18(3)24-22(15-29(26)5)20-12-11-17(2)27-25(20)30-24/h6-15H,1-5H3/q+1/i2D3. The molecule has 0 aliphatic carbocycles. The molecule has 1 aliphatic heterocycles. The fourth-order valence-corrected chi connectivity index (χ4v) is 4.52. The van der Waals surface area contributed by atoms with Gasteiger partial charge in [0.15, 0.2) is 11.8 Å². The minimum absolute atomic E-state index is 0.0197. The SMILES string of the molecule is [2H]C([2H])([2H])c1ccc2c3c(oc2n1)=C(C)B(c1cc(C)c(-c2ccccc2)c[n+]1C)N(C)C=3. The van der Waals surface area contributed by atoms with E-state index in [0.29, 0.717) is 5.71 Å². The largest absolute Gasteiger partial charge is 0.438 e. The van der Waals surface area contributed by atoms with E-state index in [1.54, 1.807) is 12.1 Å². The van der Waals surface area contributed by atoms with Crippen LogP contribution < -0.4 is 20.8 Å². The van der Waals surface area contributed by atoms with Gasteiger partial charge in [-0.15, -0.1) is 0 Å². The van der Waals surface area contributed by atoms with E-state index in [0.717, 1.165) is 27.1 Å². The Hall–Kier alpha value is -3.34. The number of hydrogen-bond acceptors (Lipinski definition) is 3. The number of pyridine rings is 2. The third-order valence-electron chi connectivity index (χ3n) is 5.99. The molecule has 0 unspecified atom stereocenters. The quantitative estimate of drug-likeness (QED) is 0.384. The van der Waals surface area contributed by atoms with E-state index in [4.69, 9.17) is 8.53 Å². The first-order chi connectivity index (χ1) is 15.6. The number of fused-ring (bicyclic) bond motifs is 3. The average Bonchev–Trinajstić information content (AvgIpc) is 3.14. The van der Waals surface area contributed by atoms with E-state index >= 15 is 0 Å². The van der Waals surface area contributed by atoms with Crippen LogP contribution in [0.5, 0.6) is 0 Å². The monoisotopic (exact) mass is 397 g/mol. The molecule has 1 aromatic carbocycles. The Balaban J connectivity index is 1.67. The van der Waals surface area contributed by atoms with Crippen LogP contribution in [0.2, 0.25) is 0 Å². The van der Waals surface area contributed by atoms with Crippen LogP contribution in [0.25, 0.3) is 33.9 Å². The second-order valence-corrected chi connectivity index (χ2v) is 8.05. The number of furan rings is 1. The normalized spacial score (nSPS) is 15.5. The molecule has 4 heterocycles. The van der Waals surface area contributed by atoms with Crippen molar-refractivity contribution in [3.63, 3.8) is 0 Å². The number of benzene rings is 1. The molecular weight excluding hydrogens is 369 g/mol. The van der Waals surface area contributed by atoms with Gasteiger partial charge in [-0.1, -0.05) is 30.3 Å². The van der Waals surface area contributed by atoms with Gasteiger partial charge in [0.1, 0.15) is 12.5 Å². The molecule has 5 heteroatoms. The van der Waals surface area contributed by atoms with E-state index in [1.165, 1.54) is 16.7 Å². The highest BCUT2D eigenvalue weighted by Gasteiger charge is 2.36. The highest BCUT2D eigenvalue weighted by Crippen LogP contribution is 2.21. The van der Waals surface area contributed by atoms with Gasteiger partial charge < -0.3 is 9.23 Å². The molecule has 0 saturated carbocycles. The zero-order valence-electron chi connectivity index (χ0n) is 20.6. The van der Waals surface area contributed by atoms with Gasteiger partial charge in [-0.25, -0.2) is 9.55 Å². The van der Waals surface area contributed by atoms with Crippen molar-refractivity contribution < 1.29 is 13.1 Å². The lowest BCUT2D eigenvalue weighted by Gasteiger charge is -2.24. The number of hydrogen-bond donors (Lipinski definition) is 0. The third kappa shape index (κ3) is 2.85. The Labute approximate surface area is 181 Å². The van der Waals surface area contributed by atoms with E-state index in [-0.39, 0.29) is 12.5 Å². The van der Waals surface area contributed by atoms with Gasteiger partial charge in [0.05, 0.1) is 0 Å². The van der Waals surface area contributed by atoms with Gasteiger partial charge in [0.25, 0.3) is 0 Å². The van der Waals surface area contributed by atoms with Crippen molar-refractivity contribution >= 4 is 35.2 Å². The van der Waals surface area contributed by atoms with Crippen LogP contribution in [0, 0.1) is 13.8 Å². The maximum atomic E-state index is 7.66. The predicted molar refractivity (Wildman–Crippen MR) is 122 cm³/mol. The van der Waals surface area contributed by atoms with Crippen molar-refractivity contribution in [2.45, 2.75) is 20.7 Å². The van der Waals surface area contributed by atoms with E-state index in [9.17, 15) is 0 Å². The fraction of sp³-hybridized carbons (Fsp3) is 0.200. The molecule has 4 aromatic rings. The Morgan fingerprint density at radius 1 is 1.13 bits per heavy atom. The Morgan fingerprint density at radius 3 is 2.70 bits per heavy atom. The van der Waals surface area contributed by atoms with Crippen LogP contribution in [-0.4, -0.2) is 23.7 Å². The highest BCUT2D eigenvalue weighted by atomic mass is 16.3. The van der Waals surface area contributed by atoms with Crippen LogP contribution in [0.4, 0.5) is 0 Å². The molecular formula is C25H25BN3O+. The van der Waals surface area contributed by atoms with E-state index in [1.807, 2.05) is 6.07 Å². The second kappa shape index (κ2) is 6.87. The van der Waals surface area contributed by atoms with Gasteiger partial charge in [0, 0.05) is 32.0 Å².